The number of benzene rings is 1. The van der Waals surface area contributed by atoms with Crippen molar-refractivity contribution in [2.24, 2.45) is 0 Å². The average molecular weight is 352 g/mol. The number of hydrogen-bond donors (Lipinski definition) is 0. The van der Waals surface area contributed by atoms with E-state index in [1.165, 1.54) is 16.2 Å². The standard InChI is InChI=1S/C15H17N3OS3/c1-11(19)18(12-7-8-12)14-16-17-15(22-14)21-10-9-20-13-5-3-2-4-6-13/h2-6,12H,7-10H2,1H3. The molecule has 2 aromatic rings. The molecular formula is C15H17N3OS3. The minimum absolute atomic E-state index is 0.0647. The van der Waals surface area contributed by atoms with Crippen molar-refractivity contribution in [1.29, 1.82) is 0 Å². The van der Waals surface area contributed by atoms with E-state index in [9.17, 15) is 4.79 Å². The number of carbonyl (C=O) groups excluding carboxylic acids is 1. The summed E-state index contributed by atoms with van der Waals surface area (Å²) in [5, 5.41) is 9.13. The van der Waals surface area contributed by atoms with Gasteiger partial charge in [0.25, 0.3) is 0 Å². The number of hydrogen-bond acceptors (Lipinski definition) is 6. The first-order valence-corrected chi connectivity index (χ1v) is 9.97. The number of thioether (sulfide) groups is 2. The zero-order chi connectivity index (χ0) is 15.4. The molecule has 0 aliphatic heterocycles. The van der Waals surface area contributed by atoms with Crippen LogP contribution in [0.4, 0.5) is 5.13 Å². The summed E-state index contributed by atoms with van der Waals surface area (Å²) < 4.78 is 0.940. The Hall–Kier alpha value is -1.05. The van der Waals surface area contributed by atoms with Crippen molar-refractivity contribution in [2.45, 2.75) is 35.0 Å². The first-order valence-electron chi connectivity index (χ1n) is 7.18. The summed E-state index contributed by atoms with van der Waals surface area (Å²) in [6.45, 7) is 1.60. The molecule has 0 saturated heterocycles. The molecule has 7 heteroatoms. The van der Waals surface area contributed by atoms with E-state index in [0.29, 0.717) is 6.04 Å². The molecule has 1 heterocycles. The van der Waals surface area contributed by atoms with Crippen LogP contribution in [0.2, 0.25) is 0 Å². The second kappa shape index (κ2) is 7.48. The Balaban J connectivity index is 1.48. The predicted molar refractivity (Wildman–Crippen MR) is 94.0 cm³/mol. The Labute approximate surface area is 142 Å². The molecule has 1 aromatic carbocycles. The molecule has 0 spiro atoms. The van der Waals surface area contributed by atoms with Gasteiger partial charge in [0.2, 0.25) is 11.0 Å². The first kappa shape index (κ1) is 15.8. The van der Waals surface area contributed by atoms with Gasteiger partial charge >= 0.3 is 0 Å². The Morgan fingerprint density at radius 3 is 2.64 bits per heavy atom. The van der Waals surface area contributed by atoms with E-state index >= 15 is 0 Å². The lowest BCUT2D eigenvalue weighted by molar-refractivity contribution is -0.116. The molecular weight excluding hydrogens is 334 g/mol. The van der Waals surface area contributed by atoms with Gasteiger partial charge in [-0.1, -0.05) is 41.3 Å². The number of rotatable bonds is 7. The van der Waals surface area contributed by atoms with E-state index in [0.717, 1.165) is 33.8 Å². The van der Waals surface area contributed by atoms with Gasteiger partial charge in [0, 0.05) is 29.4 Å². The zero-order valence-corrected chi connectivity index (χ0v) is 14.7. The molecule has 1 fully saturated rings. The molecule has 22 heavy (non-hydrogen) atoms. The minimum atomic E-state index is 0.0647. The Bertz CT molecular complexity index is 628. The van der Waals surface area contributed by atoms with Crippen molar-refractivity contribution < 1.29 is 4.79 Å². The van der Waals surface area contributed by atoms with Crippen molar-refractivity contribution in [1.82, 2.24) is 10.2 Å². The van der Waals surface area contributed by atoms with E-state index in [1.54, 1.807) is 23.6 Å². The molecule has 1 saturated carbocycles. The van der Waals surface area contributed by atoms with Crippen LogP contribution in [0.3, 0.4) is 0 Å². The lowest BCUT2D eigenvalue weighted by Gasteiger charge is -2.15. The van der Waals surface area contributed by atoms with E-state index in [1.807, 2.05) is 17.8 Å². The lowest BCUT2D eigenvalue weighted by Crippen LogP contribution is -2.30. The van der Waals surface area contributed by atoms with Gasteiger partial charge in [-0.3, -0.25) is 9.69 Å². The molecule has 1 aliphatic rings. The van der Waals surface area contributed by atoms with Crippen molar-refractivity contribution in [3.05, 3.63) is 30.3 Å². The minimum Gasteiger partial charge on any atom is -0.284 e. The fraction of sp³-hybridized carbons (Fsp3) is 0.400. The van der Waals surface area contributed by atoms with Crippen LogP contribution in [0, 0.1) is 0 Å². The highest BCUT2D eigenvalue weighted by molar-refractivity contribution is 8.03. The smallest absolute Gasteiger partial charge is 0.225 e. The largest absolute Gasteiger partial charge is 0.284 e. The first-order chi connectivity index (χ1) is 10.7. The summed E-state index contributed by atoms with van der Waals surface area (Å²) in [5.41, 5.74) is 0. The summed E-state index contributed by atoms with van der Waals surface area (Å²) in [4.78, 5) is 14.8. The summed E-state index contributed by atoms with van der Waals surface area (Å²) in [7, 11) is 0. The van der Waals surface area contributed by atoms with Crippen LogP contribution in [0.5, 0.6) is 0 Å². The molecule has 3 rings (SSSR count). The monoisotopic (exact) mass is 351 g/mol. The maximum Gasteiger partial charge on any atom is 0.225 e. The summed E-state index contributed by atoms with van der Waals surface area (Å²) >= 11 is 5.07. The van der Waals surface area contributed by atoms with Crippen molar-refractivity contribution in [2.75, 3.05) is 16.4 Å². The van der Waals surface area contributed by atoms with Gasteiger partial charge < -0.3 is 0 Å². The Morgan fingerprint density at radius 1 is 1.23 bits per heavy atom. The number of anilines is 1. The Morgan fingerprint density at radius 2 is 1.95 bits per heavy atom. The van der Waals surface area contributed by atoms with Gasteiger partial charge in [0.15, 0.2) is 4.34 Å². The van der Waals surface area contributed by atoms with Gasteiger partial charge in [0.05, 0.1) is 0 Å². The molecule has 4 nitrogen and oxygen atoms in total. The quantitative estimate of drug-likeness (QED) is 0.429. The highest BCUT2D eigenvalue weighted by Crippen LogP contribution is 2.36. The average Bonchev–Trinajstić information content (AvgIpc) is 3.23. The van der Waals surface area contributed by atoms with Crippen LogP contribution < -0.4 is 4.90 Å². The SMILES string of the molecule is CC(=O)N(c1nnc(SCCSc2ccccc2)s1)C1CC1. The molecule has 0 unspecified atom stereocenters. The van der Waals surface area contributed by atoms with E-state index in [4.69, 9.17) is 0 Å². The number of carbonyl (C=O) groups is 1. The second-order valence-electron chi connectivity index (χ2n) is 4.98. The summed E-state index contributed by atoms with van der Waals surface area (Å²) in [6, 6.07) is 10.7. The van der Waals surface area contributed by atoms with Crippen LogP contribution in [-0.2, 0) is 4.79 Å². The molecule has 1 aliphatic carbocycles. The van der Waals surface area contributed by atoms with Gasteiger partial charge in [-0.2, -0.15) is 0 Å². The third-order valence-corrected chi connectivity index (χ3v) is 6.50. The third kappa shape index (κ3) is 4.24. The second-order valence-corrected chi connectivity index (χ2v) is 8.45. The van der Waals surface area contributed by atoms with Gasteiger partial charge in [-0.05, 0) is 25.0 Å². The zero-order valence-electron chi connectivity index (χ0n) is 12.3. The summed E-state index contributed by atoms with van der Waals surface area (Å²) in [6.07, 6.45) is 2.16. The molecule has 0 atom stereocenters. The summed E-state index contributed by atoms with van der Waals surface area (Å²) in [5.74, 6) is 2.08. The maximum absolute atomic E-state index is 11.7. The maximum atomic E-state index is 11.7. The topological polar surface area (TPSA) is 46.1 Å². The lowest BCUT2D eigenvalue weighted by atomic mass is 10.4. The highest BCUT2D eigenvalue weighted by Gasteiger charge is 2.34. The van der Waals surface area contributed by atoms with Crippen LogP contribution in [-0.4, -0.2) is 33.7 Å². The van der Waals surface area contributed by atoms with Crippen LogP contribution in [0.25, 0.3) is 0 Å². The molecule has 116 valence electrons. The molecule has 0 N–H and O–H groups in total. The highest BCUT2D eigenvalue weighted by atomic mass is 32.2. The number of nitrogens with zero attached hydrogens (tertiary/aromatic N) is 3. The number of amides is 1. The normalized spacial score (nSPS) is 14.0. The molecule has 1 amide bonds. The molecule has 0 bridgehead atoms. The molecule has 0 radical (unpaired) electrons. The van der Waals surface area contributed by atoms with E-state index in [2.05, 4.69) is 34.5 Å². The van der Waals surface area contributed by atoms with Crippen LogP contribution in [0.15, 0.2) is 39.6 Å². The number of aromatic nitrogens is 2. The van der Waals surface area contributed by atoms with Crippen LogP contribution >= 0.6 is 34.9 Å². The van der Waals surface area contributed by atoms with E-state index < -0.39 is 0 Å². The van der Waals surface area contributed by atoms with Crippen molar-refractivity contribution in [3.8, 4) is 0 Å². The van der Waals surface area contributed by atoms with Crippen molar-refractivity contribution in [3.63, 3.8) is 0 Å². The van der Waals surface area contributed by atoms with Gasteiger partial charge in [-0.25, -0.2) is 0 Å². The predicted octanol–water partition coefficient (Wildman–Crippen LogP) is 3.94. The van der Waals surface area contributed by atoms with Crippen molar-refractivity contribution >= 4 is 45.9 Å². The van der Waals surface area contributed by atoms with Gasteiger partial charge in [0.1, 0.15) is 0 Å². The fourth-order valence-electron chi connectivity index (χ4n) is 2.04. The van der Waals surface area contributed by atoms with E-state index in [-0.39, 0.29) is 5.91 Å². The third-order valence-electron chi connectivity index (χ3n) is 3.17. The van der Waals surface area contributed by atoms with Gasteiger partial charge in [-0.15, -0.1) is 22.0 Å². The molecule has 1 aromatic heterocycles. The Kier molecular flexibility index (Phi) is 5.38. The van der Waals surface area contributed by atoms with Crippen LogP contribution in [0.1, 0.15) is 19.8 Å². The fourth-order valence-corrected chi connectivity index (χ4v) is 4.97.